The van der Waals surface area contributed by atoms with E-state index in [1.807, 2.05) is 0 Å². The molecule has 0 spiro atoms. The molecule has 0 aliphatic rings. The van der Waals surface area contributed by atoms with Gasteiger partial charge in [-0.3, -0.25) is 0 Å². The zero-order chi connectivity index (χ0) is 13.8. The van der Waals surface area contributed by atoms with Gasteiger partial charge >= 0.3 is 0 Å². The highest BCUT2D eigenvalue weighted by molar-refractivity contribution is 6.29. The summed E-state index contributed by atoms with van der Waals surface area (Å²) in [6.45, 7) is 4.65. The fourth-order valence-corrected chi connectivity index (χ4v) is 2.14. The van der Waals surface area contributed by atoms with Crippen LogP contribution in [0.4, 0.5) is 0 Å². The predicted molar refractivity (Wildman–Crippen MR) is 76.5 cm³/mol. The standard InChI is InChI=1S/C15H17ClN2O/c1-10-4-5-12(6-11(10)2)7-15-17-13(9-19-3)8-14(16)18-15/h4-6,8H,7,9H2,1-3H3. The number of ether oxygens (including phenoxy) is 1. The van der Waals surface area contributed by atoms with Crippen LogP contribution in [0.15, 0.2) is 24.3 Å². The summed E-state index contributed by atoms with van der Waals surface area (Å²) in [7, 11) is 1.64. The first-order valence-electron chi connectivity index (χ1n) is 6.16. The summed E-state index contributed by atoms with van der Waals surface area (Å²) in [4.78, 5) is 8.71. The van der Waals surface area contributed by atoms with E-state index < -0.39 is 0 Å². The molecule has 0 aliphatic heterocycles. The normalized spacial score (nSPS) is 10.7. The Morgan fingerprint density at radius 2 is 1.89 bits per heavy atom. The van der Waals surface area contributed by atoms with Crippen LogP contribution in [0.2, 0.25) is 5.15 Å². The van der Waals surface area contributed by atoms with Crippen molar-refractivity contribution < 1.29 is 4.74 Å². The van der Waals surface area contributed by atoms with Gasteiger partial charge in [0.25, 0.3) is 0 Å². The van der Waals surface area contributed by atoms with Crippen LogP contribution in [-0.2, 0) is 17.8 Å². The molecule has 0 amide bonds. The lowest BCUT2D eigenvalue weighted by molar-refractivity contribution is 0.181. The van der Waals surface area contributed by atoms with E-state index in [1.54, 1.807) is 13.2 Å². The van der Waals surface area contributed by atoms with Crippen LogP contribution in [0.5, 0.6) is 0 Å². The average Bonchev–Trinajstić information content (AvgIpc) is 2.33. The van der Waals surface area contributed by atoms with Crippen molar-refractivity contribution in [3.8, 4) is 0 Å². The van der Waals surface area contributed by atoms with Crippen molar-refractivity contribution in [3.05, 3.63) is 57.6 Å². The Morgan fingerprint density at radius 3 is 2.58 bits per heavy atom. The van der Waals surface area contributed by atoms with Crippen molar-refractivity contribution in [3.63, 3.8) is 0 Å². The third-order valence-corrected chi connectivity index (χ3v) is 3.21. The van der Waals surface area contributed by atoms with Gasteiger partial charge in [0, 0.05) is 13.5 Å². The second-order valence-corrected chi connectivity index (χ2v) is 5.01. The first-order chi connectivity index (χ1) is 9.08. The lowest BCUT2D eigenvalue weighted by atomic mass is 10.0. The minimum absolute atomic E-state index is 0.447. The van der Waals surface area contributed by atoms with Gasteiger partial charge in [-0.25, -0.2) is 9.97 Å². The number of rotatable bonds is 4. The van der Waals surface area contributed by atoms with Crippen molar-refractivity contribution in [1.82, 2.24) is 9.97 Å². The summed E-state index contributed by atoms with van der Waals surface area (Å²) in [5, 5.41) is 0.459. The third-order valence-electron chi connectivity index (χ3n) is 3.02. The molecule has 4 heteroatoms. The molecule has 0 N–H and O–H groups in total. The van der Waals surface area contributed by atoms with E-state index in [2.05, 4.69) is 42.0 Å². The van der Waals surface area contributed by atoms with Gasteiger partial charge in [-0.1, -0.05) is 29.8 Å². The second-order valence-electron chi connectivity index (χ2n) is 4.63. The maximum atomic E-state index is 6.00. The fraction of sp³-hybridized carbons (Fsp3) is 0.333. The molecule has 0 atom stereocenters. The van der Waals surface area contributed by atoms with Gasteiger partial charge in [0.05, 0.1) is 12.3 Å². The Hall–Kier alpha value is -1.45. The molecule has 0 fully saturated rings. The minimum Gasteiger partial charge on any atom is -0.378 e. The van der Waals surface area contributed by atoms with Crippen LogP contribution in [0, 0.1) is 13.8 Å². The summed E-state index contributed by atoms with van der Waals surface area (Å²) in [5.74, 6) is 0.725. The molecule has 2 aromatic rings. The van der Waals surface area contributed by atoms with Gasteiger partial charge in [0.15, 0.2) is 0 Å². The Balaban J connectivity index is 2.24. The quantitative estimate of drug-likeness (QED) is 0.802. The minimum atomic E-state index is 0.447. The van der Waals surface area contributed by atoms with Gasteiger partial charge in [0.2, 0.25) is 0 Å². The molecule has 0 saturated carbocycles. The van der Waals surface area contributed by atoms with Gasteiger partial charge in [0.1, 0.15) is 11.0 Å². The number of methoxy groups -OCH3 is 1. The number of halogens is 1. The van der Waals surface area contributed by atoms with E-state index in [0.29, 0.717) is 18.2 Å². The molecule has 1 heterocycles. The van der Waals surface area contributed by atoms with Crippen LogP contribution in [0.3, 0.4) is 0 Å². The van der Waals surface area contributed by atoms with E-state index >= 15 is 0 Å². The van der Waals surface area contributed by atoms with Crippen LogP contribution in [-0.4, -0.2) is 17.1 Å². The smallest absolute Gasteiger partial charge is 0.134 e. The lowest BCUT2D eigenvalue weighted by Gasteiger charge is -2.07. The molecule has 0 bridgehead atoms. The predicted octanol–water partition coefficient (Wildman–Crippen LogP) is 3.48. The molecular weight excluding hydrogens is 260 g/mol. The SMILES string of the molecule is COCc1cc(Cl)nc(Cc2ccc(C)c(C)c2)n1. The van der Waals surface area contributed by atoms with Crippen molar-refractivity contribution in [2.45, 2.75) is 26.9 Å². The van der Waals surface area contributed by atoms with Crippen molar-refractivity contribution >= 4 is 11.6 Å². The van der Waals surface area contributed by atoms with Gasteiger partial charge in [-0.15, -0.1) is 0 Å². The molecule has 1 aromatic heterocycles. The summed E-state index contributed by atoms with van der Waals surface area (Å²) < 4.78 is 5.07. The fourth-order valence-electron chi connectivity index (χ4n) is 1.91. The number of hydrogen-bond acceptors (Lipinski definition) is 3. The van der Waals surface area contributed by atoms with Crippen molar-refractivity contribution in [2.75, 3.05) is 7.11 Å². The number of aromatic nitrogens is 2. The van der Waals surface area contributed by atoms with Gasteiger partial charge < -0.3 is 4.74 Å². The third kappa shape index (κ3) is 3.75. The maximum absolute atomic E-state index is 6.00. The maximum Gasteiger partial charge on any atom is 0.134 e. The zero-order valence-electron chi connectivity index (χ0n) is 11.4. The summed E-state index contributed by atoms with van der Waals surface area (Å²) in [5.41, 5.74) is 4.56. The van der Waals surface area contributed by atoms with Crippen LogP contribution >= 0.6 is 11.6 Å². The molecule has 0 unspecified atom stereocenters. The highest BCUT2D eigenvalue weighted by Gasteiger charge is 2.05. The molecule has 0 saturated heterocycles. The summed E-state index contributed by atoms with van der Waals surface area (Å²) in [6.07, 6.45) is 0.679. The van der Waals surface area contributed by atoms with Crippen LogP contribution in [0.25, 0.3) is 0 Å². The van der Waals surface area contributed by atoms with E-state index in [0.717, 1.165) is 11.5 Å². The molecule has 2 rings (SSSR count). The first kappa shape index (κ1) is 14.0. The number of hydrogen-bond donors (Lipinski definition) is 0. The van der Waals surface area contributed by atoms with E-state index in [9.17, 15) is 0 Å². The molecule has 100 valence electrons. The molecular formula is C15H17ClN2O. The van der Waals surface area contributed by atoms with Crippen molar-refractivity contribution in [2.24, 2.45) is 0 Å². The van der Waals surface area contributed by atoms with Crippen LogP contribution in [0.1, 0.15) is 28.2 Å². The number of benzene rings is 1. The van der Waals surface area contributed by atoms with Gasteiger partial charge in [-0.2, -0.15) is 0 Å². The van der Waals surface area contributed by atoms with Gasteiger partial charge in [-0.05, 0) is 36.6 Å². The molecule has 0 radical (unpaired) electrons. The largest absolute Gasteiger partial charge is 0.378 e. The Morgan fingerprint density at radius 1 is 1.11 bits per heavy atom. The molecule has 19 heavy (non-hydrogen) atoms. The monoisotopic (exact) mass is 276 g/mol. The highest BCUT2D eigenvalue weighted by Crippen LogP contribution is 2.14. The highest BCUT2D eigenvalue weighted by atomic mass is 35.5. The molecule has 3 nitrogen and oxygen atoms in total. The lowest BCUT2D eigenvalue weighted by Crippen LogP contribution is -2.02. The van der Waals surface area contributed by atoms with E-state index in [-0.39, 0.29) is 0 Å². The molecule has 0 aliphatic carbocycles. The number of aryl methyl sites for hydroxylation is 2. The topological polar surface area (TPSA) is 35.0 Å². The summed E-state index contributed by atoms with van der Waals surface area (Å²) in [6, 6.07) is 8.11. The Bertz CT molecular complexity index is 584. The van der Waals surface area contributed by atoms with Crippen molar-refractivity contribution in [1.29, 1.82) is 0 Å². The first-order valence-corrected chi connectivity index (χ1v) is 6.53. The summed E-state index contributed by atoms with van der Waals surface area (Å²) >= 11 is 6.00. The van der Waals surface area contributed by atoms with E-state index in [4.69, 9.17) is 16.3 Å². The average molecular weight is 277 g/mol. The number of nitrogens with zero attached hydrogens (tertiary/aromatic N) is 2. The van der Waals surface area contributed by atoms with Crippen LogP contribution < -0.4 is 0 Å². The Labute approximate surface area is 118 Å². The van der Waals surface area contributed by atoms with E-state index in [1.165, 1.54) is 16.7 Å². The second kappa shape index (κ2) is 6.13. The zero-order valence-corrected chi connectivity index (χ0v) is 12.2. The molecule has 1 aromatic carbocycles. The Kier molecular flexibility index (Phi) is 4.51.